The Kier molecular flexibility index (Phi) is 6.99. The number of nitriles is 1. The molecule has 0 aliphatic heterocycles. The summed E-state index contributed by atoms with van der Waals surface area (Å²) in [5, 5.41) is 12.4. The van der Waals surface area contributed by atoms with Crippen molar-refractivity contribution in [3.63, 3.8) is 0 Å². The molecular weight excluding hydrogens is 631 g/mol. The minimum atomic E-state index is -4.59. The van der Waals surface area contributed by atoms with E-state index in [2.05, 4.69) is 32.3 Å². The topological polar surface area (TPSA) is 80.3 Å². The van der Waals surface area contributed by atoms with Crippen molar-refractivity contribution in [2.45, 2.75) is 25.4 Å². The van der Waals surface area contributed by atoms with Gasteiger partial charge in [-0.25, -0.2) is 9.65 Å². The average Bonchev–Trinajstić information content (AvgIpc) is 3.30. The van der Waals surface area contributed by atoms with Crippen LogP contribution in [0.1, 0.15) is 36.6 Å². The summed E-state index contributed by atoms with van der Waals surface area (Å²) < 4.78 is 53.9. The Morgan fingerprint density at radius 1 is 0.941 bits per heavy atom. The van der Waals surface area contributed by atoms with Crippen molar-refractivity contribution in [3.05, 3.63) is 89.5 Å². The van der Waals surface area contributed by atoms with Gasteiger partial charge in [-0.3, -0.25) is 10.1 Å². The third-order valence-corrected chi connectivity index (χ3v) is 4.95. The molecule has 4 heterocycles. The number of hydrogen-bond donors (Lipinski definition) is 0. The number of pyridine rings is 3. The van der Waals surface area contributed by atoms with Crippen molar-refractivity contribution in [2.24, 2.45) is 0 Å². The number of aromatic nitrogens is 5. The van der Waals surface area contributed by atoms with Gasteiger partial charge in [0.05, 0.1) is 23.3 Å². The van der Waals surface area contributed by atoms with E-state index in [-0.39, 0.29) is 43.8 Å². The third kappa shape index (κ3) is 4.90. The molecule has 11 heteroatoms. The van der Waals surface area contributed by atoms with Crippen LogP contribution in [0.4, 0.5) is 17.6 Å². The molecule has 0 N–H and O–H groups in total. The van der Waals surface area contributed by atoms with Crippen LogP contribution in [-0.2, 0) is 32.7 Å². The second kappa shape index (κ2) is 9.43. The minimum Gasteiger partial charge on any atom is -0.343 e. The van der Waals surface area contributed by atoms with Crippen LogP contribution in [0.5, 0.6) is 0 Å². The summed E-state index contributed by atoms with van der Waals surface area (Å²) >= 11 is 0. The van der Waals surface area contributed by atoms with Gasteiger partial charge in [-0.2, -0.15) is 13.2 Å². The number of hydrogen-bond acceptors (Lipinski definition) is 5. The summed E-state index contributed by atoms with van der Waals surface area (Å²) in [7, 11) is 0. The standard InChI is InChI=1S/C23H14F4N6.Pt/c1-22(2,17-6-3-5-16(30-17)15-10-9-14(13-28)29-21(15)24)18-7-4-8-20(31-18)33-12-11-19(32-33)23(25,26)27;/h3-9,11H,1-2H3;/q-2;+2. The Labute approximate surface area is 206 Å². The van der Waals surface area contributed by atoms with Crippen LogP contribution in [0, 0.1) is 29.5 Å². The van der Waals surface area contributed by atoms with Gasteiger partial charge >= 0.3 is 27.2 Å². The normalized spacial score (nSPS) is 11.6. The van der Waals surface area contributed by atoms with Gasteiger partial charge in [-0.15, -0.1) is 18.2 Å². The van der Waals surface area contributed by atoms with E-state index in [1.165, 1.54) is 12.1 Å². The molecule has 0 unspecified atom stereocenters. The van der Waals surface area contributed by atoms with E-state index in [1.54, 1.807) is 36.4 Å². The van der Waals surface area contributed by atoms with Crippen LogP contribution in [0.3, 0.4) is 0 Å². The molecule has 0 radical (unpaired) electrons. The molecule has 6 nitrogen and oxygen atoms in total. The SMILES string of the molecule is CC(C)(c1cccc(-c2[c-]cc(C#N)nc2F)n1)c1cccc(-n2[c-]cc(C(F)(F)F)n2)n1.[Pt+2]. The van der Waals surface area contributed by atoms with E-state index in [0.717, 1.165) is 10.7 Å². The van der Waals surface area contributed by atoms with Crippen molar-refractivity contribution in [3.8, 4) is 23.1 Å². The van der Waals surface area contributed by atoms with Crippen LogP contribution in [0.2, 0.25) is 0 Å². The number of halogens is 4. The smallest absolute Gasteiger partial charge is 0.343 e. The van der Waals surface area contributed by atoms with Gasteiger partial charge in [0.15, 0.2) is 0 Å². The third-order valence-electron chi connectivity index (χ3n) is 4.95. The average molecular weight is 645 g/mol. The zero-order valence-corrected chi connectivity index (χ0v) is 19.9. The Balaban J connectivity index is 0.00000324. The van der Waals surface area contributed by atoms with Crippen LogP contribution < -0.4 is 0 Å². The first-order valence-electron chi connectivity index (χ1n) is 9.58. The van der Waals surface area contributed by atoms with E-state index in [9.17, 15) is 17.6 Å². The van der Waals surface area contributed by atoms with E-state index in [0.29, 0.717) is 11.4 Å². The fraction of sp³-hybridized carbons (Fsp3) is 0.174. The largest absolute Gasteiger partial charge is 2.00 e. The maximum absolute atomic E-state index is 14.4. The molecule has 0 spiro atoms. The van der Waals surface area contributed by atoms with Crippen molar-refractivity contribution < 1.29 is 38.6 Å². The fourth-order valence-electron chi connectivity index (χ4n) is 3.12. The first-order chi connectivity index (χ1) is 15.6. The monoisotopic (exact) mass is 645 g/mol. The summed E-state index contributed by atoms with van der Waals surface area (Å²) in [6.45, 7) is 3.66. The molecule has 0 amide bonds. The number of alkyl halides is 3. The van der Waals surface area contributed by atoms with Crippen LogP contribution >= 0.6 is 0 Å². The number of rotatable bonds is 4. The second-order valence-electron chi connectivity index (χ2n) is 7.55. The van der Waals surface area contributed by atoms with Crippen LogP contribution in [0.15, 0.2) is 48.5 Å². The molecule has 0 fully saturated rings. The molecule has 0 saturated heterocycles. The van der Waals surface area contributed by atoms with Gasteiger partial charge < -0.3 is 14.6 Å². The molecule has 0 bridgehead atoms. The predicted octanol–water partition coefficient (Wildman–Crippen LogP) is 4.68. The molecule has 0 atom stereocenters. The quantitative estimate of drug-likeness (QED) is 0.183. The van der Waals surface area contributed by atoms with E-state index >= 15 is 0 Å². The van der Waals surface area contributed by atoms with Gasteiger partial charge in [0.25, 0.3) is 0 Å². The first kappa shape index (κ1) is 25.2. The van der Waals surface area contributed by atoms with Gasteiger partial charge in [0.2, 0.25) is 0 Å². The Morgan fingerprint density at radius 2 is 1.62 bits per heavy atom. The fourth-order valence-corrected chi connectivity index (χ4v) is 3.12. The zero-order valence-electron chi connectivity index (χ0n) is 17.6. The molecule has 0 aliphatic rings. The van der Waals surface area contributed by atoms with E-state index in [1.807, 2.05) is 13.8 Å². The molecule has 4 aromatic rings. The van der Waals surface area contributed by atoms with Crippen LogP contribution in [0.25, 0.3) is 17.1 Å². The molecule has 4 rings (SSSR count). The minimum absolute atomic E-state index is 0. The van der Waals surface area contributed by atoms with Gasteiger partial charge in [0, 0.05) is 16.8 Å². The summed E-state index contributed by atoms with van der Waals surface area (Å²) in [6.07, 6.45) is -2.16. The van der Waals surface area contributed by atoms with Crippen molar-refractivity contribution in [2.75, 3.05) is 0 Å². The second-order valence-corrected chi connectivity index (χ2v) is 7.55. The van der Waals surface area contributed by atoms with Gasteiger partial charge in [0.1, 0.15) is 5.95 Å². The first-order valence-corrected chi connectivity index (χ1v) is 9.58. The molecule has 0 aliphatic carbocycles. The summed E-state index contributed by atoms with van der Waals surface area (Å²) in [5.74, 6) is -0.714. The van der Waals surface area contributed by atoms with Crippen molar-refractivity contribution in [1.29, 1.82) is 5.26 Å². The van der Waals surface area contributed by atoms with Gasteiger partial charge in [-0.05, 0) is 31.7 Å². The summed E-state index contributed by atoms with van der Waals surface area (Å²) in [4.78, 5) is 12.6. The summed E-state index contributed by atoms with van der Waals surface area (Å²) in [6, 6.07) is 16.3. The summed E-state index contributed by atoms with van der Waals surface area (Å²) in [5.41, 5.74) is -0.662. The van der Waals surface area contributed by atoms with E-state index in [4.69, 9.17) is 5.26 Å². The van der Waals surface area contributed by atoms with E-state index < -0.39 is 23.2 Å². The Hall–Kier alpha value is -3.44. The zero-order chi connectivity index (χ0) is 23.8. The molecule has 0 saturated carbocycles. The van der Waals surface area contributed by atoms with Crippen LogP contribution in [-0.4, -0.2) is 24.7 Å². The molecule has 0 aromatic carbocycles. The van der Waals surface area contributed by atoms with Crippen molar-refractivity contribution >= 4 is 0 Å². The predicted molar refractivity (Wildman–Crippen MR) is 108 cm³/mol. The molecule has 4 aromatic heterocycles. The maximum Gasteiger partial charge on any atom is 2.00 e. The van der Waals surface area contributed by atoms with Crippen molar-refractivity contribution in [1.82, 2.24) is 24.7 Å². The molecular formula is C23H14F4N6Pt. The number of nitrogens with zero attached hydrogens (tertiary/aromatic N) is 6. The van der Waals surface area contributed by atoms with Gasteiger partial charge in [-0.1, -0.05) is 36.0 Å². The maximum atomic E-state index is 14.4. The molecule has 34 heavy (non-hydrogen) atoms. The Bertz CT molecular complexity index is 1370. The molecule has 174 valence electrons. The Morgan fingerprint density at radius 3 is 2.24 bits per heavy atom.